The number of carbonyl (C=O) groups is 1. The number of aromatic nitrogens is 4. The molecule has 1 aliphatic heterocycles. The second kappa shape index (κ2) is 8.84. The predicted molar refractivity (Wildman–Crippen MR) is 126 cm³/mol. The van der Waals surface area contributed by atoms with Crippen molar-refractivity contribution in [1.82, 2.24) is 25.1 Å². The maximum absolute atomic E-state index is 13.2. The van der Waals surface area contributed by atoms with Crippen LogP contribution in [0.1, 0.15) is 15.4 Å². The zero-order chi connectivity index (χ0) is 21.9. The third kappa shape index (κ3) is 4.09. The number of benzene rings is 1. The molecule has 0 N–H and O–H groups in total. The number of hydrogen-bond donors (Lipinski definition) is 0. The predicted octanol–water partition coefficient (Wildman–Crippen LogP) is 3.93. The molecule has 1 aromatic carbocycles. The number of pyridine rings is 1. The van der Waals surface area contributed by atoms with Gasteiger partial charge in [-0.15, -0.1) is 21.5 Å². The largest absolute Gasteiger partial charge is 0.352 e. The normalized spacial score (nSPS) is 13.9. The summed E-state index contributed by atoms with van der Waals surface area (Å²) in [6, 6.07) is 17.8. The number of nitrogens with zero attached hydrogens (tertiary/aromatic N) is 6. The van der Waals surface area contributed by atoms with Crippen molar-refractivity contribution in [2.45, 2.75) is 6.92 Å². The first-order chi connectivity index (χ1) is 15.7. The van der Waals surface area contributed by atoms with Crippen LogP contribution in [0.2, 0.25) is 0 Å². The van der Waals surface area contributed by atoms with Crippen molar-refractivity contribution in [2.24, 2.45) is 0 Å². The van der Waals surface area contributed by atoms with Crippen LogP contribution in [0.25, 0.3) is 21.8 Å². The summed E-state index contributed by atoms with van der Waals surface area (Å²) in [6.45, 7) is 4.64. The van der Waals surface area contributed by atoms with Crippen LogP contribution in [0.3, 0.4) is 0 Å². The number of amides is 1. The van der Waals surface area contributed by atoms with Gasteiger partial charge in [-0.05, 0) is 31.2 Å². The zero-order valence-corrected chi connectivity index (χ0v) is 18.5. The molecule has 8 heteroatoms. The van der Waals surface area contributed by atoms with Crippen molar-refractivity contribution < 1.29 is 4.79 Å². The van der Waals surface area contributed by atoms with Crippen LogP contribution in [0.15, 0.2) is 67.0 Å². The summed E-state index contributed by atoms with van der Waals surface area (Å²) in [5.74, 6) is 0.885. The van der Waals surface area contributed by atoms with Crippen molar-refractivity contribution in [1.29, 1.82) is 0 Å². The molecule has 4 heterocycles. The second-order valence-corrected chi connectivity index (χ2v) is 8.59. The molecule has 7 nitrogen and oxygen atoms in total. The lowest BCUT2D eigenvalue weighted by Crippen LogP contribution is -2.49. The van der Waals surface area contributed by atoms with E-state index in [0.717, 1.165) is 51.3 Å². The average Bonchev–Trinajstić information content (AvgIpc) is 3.26. The molecule has 1 fully saturated rings. The maximum atomic E-state index is 13.2. The quantitative estimate of drug-likeness (QED) is 0.477. The van der Waals surface area contributed by atoms with Crippen molar-refractivity contribution in [3.05, 3.63) is 77.6 Å². The van der Waals surface area contributed by atoms with Gasteiger partial charge < -0.3 is 9.80 Å². The molecule has 0 saturated carbocycles. The number of thiazole rings is 1. The van der Waals surface area contributed by atoms with Gasteiger partial charge in [0.1, 0.15) is 9.88 Å². The highest BCUT2D eigenvalue weighted by Crippen LogP contribution is 2.29. The molecule has 0 radical (unpaired) electrons. The third-order valence-electron chi connectivity index (χ3n) is 5.53. The molecule has 160 valence electrons. The fourth-order valence-electron chi connectivity index (χ4n) is 3.75. The number of piperazine rings is 1. The smallest absolute Gasteiger partial charge is 0.265 e. The molecule has 0 spiro atoms. The summed E-state index contributed by atoms with van der Waals surface area (Å²) in [5, 5.41) is 9.65. The summed E-state index contributed by atoms with van der Waals surface area (Å²) >= 11 is 1.47. The Morgan fingerprint density at radius 2 is 1.62 bits per heavy atom. The highest BCUT2D eigenvalue weighted by molar-refractivity contribution is 7.17. The van der Waals surface area contributed by atoms with Crippen molar-refractivity contribution >= 4 is 23.1 Å². The summed E-state index contributed by atoms with van der Waals surface area (Å²) in [4.78, 5) is 26.6. The van der Waals surface area contributed by atoms with Crippen LogP contribution in [0.5, 0.6) is 0 Å². The number of anilines is 1. The van der Waals surface area contributed by atoms with Gasteiger partial charge in [0.2, 0.25) is 0 Å². The van der Waals surface area contributed by atoms with E-state index >= 15 is 0 Å². The van der Waals surface area contributed by atoms with Crippen LogP contribution in [-0.4, -0.2) is 57.2 Å². The highest BCUT2D eigenvalue weighted by Gasteiger charge is 2.26. The molecular weight excluding hydrogens is 420 g/mol. The Bertz CT molecular complexity index is 1200. The van der Waals surface area contributed by atoms with Crippen molar-refractivity contribution in [3.8, 4) is 21.8 Å². The topological polar surface area (TPSA) is 75.1 Å². The summed E-state index contributed by atoms with van der Waals surface area (Å²) in [5.41, 5.74) is 3.64. The first kappa shape index (κ1) is 20.3. The lowest BCUT2D eigenvalue weighted by molar-refractivity contribution is 0.0750. The lowest BCUT2D eigenvalue weighted by atomic mass is 10.2. The molecule has 0 atom stereocenters. The molecule has 3 aromatic heterocycles. The van der Waals surface area contributed by atoms with Crippen LogP contribution < -0.4 is 4.90 Å². The van der Waals surface area contributed by atoms with E-state index in [1.54, 1.807) is 12.4 Å². The Morgan fingerprint density at radius 1 is 0.875 bits per heavy atom. The van der Waals surface area contributed by atoms with Gasteiger partial charge in [0.25, 0.3) is 5.91 Å². The van der Waals surface area contributed by atoms with E-state index in [-0.39, 0.29) is 5.91 Å². The van der Waals surface area contributed by atoms with E-state index in [2.05, 4.69) is 25.1 Å². The van der Waals surface area contributed by atoms with E-state index in [0.29, 0.717) is 13.1 Å². The van der Waals surface area contributed by atoms with Gasteiger partial charge in [0.15, 0.2) is 5.82 Å². The van der Waals surface area contributed by atoms with Crippen LogP contribution >= 0.6 is 11.3 Å². The minimum Gasteiger partial charge on any atom is -0.352 e. The lowest BCUT2D eigenvalue weighted by Gasteiger charge is -2.35. The zero-order valence-electron chi connectivity index (χ0n) is 17.7. The van der Waals surface area contributed by atoms with Crippen LogP contribution in [-0.2, 0) is 0 Å². The summed E-state index contributed by atoms with van der Waals surface area (Å²) < 4.78 is 0. The molecule has 0 unspecified atom stereocenters. The van der Waals surface area contributed by atoms with Gasteiger partial charge in [0.05, 0.1) is 11.4 Å². The number of aryl methyl sites for hydroxylation is 1. The molecule has 5 rings (SSSR count). The minimum atomic E-state index is 0.0564. The van der Waals surface area contributed by atoms with Crippen molar-refractivity contribution in [2.75, 3.05) is 31.1 Å². The van der Waals surface area contributed by atoms with Gasteiger partial charge in [-0.3, -0.25) is 9.78 Å². The third-order valence-corrected chi connectivity index (χ3v) is 6.72. The van der Waals surface area contributed by atoms with E-state index in [9.17, 15) is 4.79 Å². The van der Waals surface area contributed by atoms with Gasteiger partial charge in [0, 0.05) is 49.7 Å². The van der Waals surface area contributed by atoms with Gasteiger partial charge in [-0.1, -0.05) is 30.3 Å². The Labute approximate surface area is 190 Å². The molecule has 1 amide bonds. The Kier molecular flexibility index (Phi) is 5.60. The fraction of sp³-hybridized carbons (Fsp3) is 0.208. The maximum Gasteiger partial charge on any atom is 0.265 e. The average molecular weight is 443 g/mol. The highest BCUT2D eigenvalue weighted by atomic mass is 32.1. The molecule has 1 saturated heterocycles. The molecule has 32 heavy (non-hydrogen) atoms. The number of carbonyl (C=O) groups excluding carboxylic acids is 1. The SMILES string of the molecule is Cc1nc(-c2ccccc2)sc1C(=O)N1CCN(c2ccc(-c3ccncc3)nn2)CC1. The first-order valence-electron chi connectivity index (χ1n) is 10.5. The molecule has 0 aliphatic carbocycles. The van der Waals surface area contributed by atoms with Crippen molar-refractivity contribution in [3.63, 3.8) is 0 Å². The van der Waals surface area contributed by atoms with E-state index in [1.807, 2.05) is 66.4 Å². The number of hydrogen-bond acceptors (Lipinski definition) is 7. The monoisotopic (exact) mass is 442 g/mol. The Morgan fingerprint density at radius 3 is 2.31 bits per heavy atom. The fourth-order valence-corrected chi connectivity index (χ4v) is 4.79. The number of rotatable bonds is 4. The van der Waals surface area contributed by atoms with Gasteiger partial charge >= 0.3 is 0 Å². The summed E-state index contributed by atoms with van der Waals surface area (Å²) in [6.07, 6.45) is 3.49. The van der Waals surface area contributed by atoms with Crippen LogP contribution in [0.4, 0.5) is 5.82 Å². The van der Waals surface area contributed by atoms with Gasteiger partial charge in [-0.2, -0.15) is 0 Å². The Hall–Kier alpha value is -3.65. The Balaban J connectivity index is 1.24. The standard InChI is InChI=1S/C24H22N6OS/c1-17-22(32-23(26-17)19-5-3-2-4-6-19)24(31)30-15-13-29(14-16-30)21-8-7-20(27-28-21)18-9-11-25-12-10-18/h2-12H,13-16H2,1H3. The second-order valence-electron chi connectivity index (χ2n) is 7.59. The van der Waals surface area contributed by atoms with E-state index in [1.165, 1.54) is 11.3 Å². The minimum absolute atomic E-state index is 0.0564. The van der Waals surface area contributed by atoms with Crippen LogP contribution in [0, 0.1) is 6.92 Å². The molecule has 4 aromatic rings. The molecular formula is C24H22N6OS. The first-order valence-corrected chi connectivity index (χ1v) is 11.3. The van der Waals surface area contributed by atoms with E-state index in [4.69, 9.17) is 0 Å². The summed E-state index contributed by atoms with van der Waals surface area (Å²) in [7, 11) is 0. The van der Waals surface area contributed by atoms with Gasteiger partial charge in [-0.25, -0.2) is 4.98 Å². The molecule has 0 bridgehead atoms. The van der Waals surface area contributed by atoms with E-state index < -0.39 is 0 Å². The molecule has 1 aliphatic rings.